The van der Waals surface area contributed by atoms with Gasteiger partial charge in [0.1, 0.15) is 0 Å². The van der Waals surface area contributed by atoms with Crippen LogP contribution in [0.1, 0.15) is 23.6 Å². The molecule has 0 N–H and O–H groups in total. The molecule has 15 heavy (non-hydrogen) atoms. The minimum absolute atomic E-state index is 0. The number of ether oxygens (including phenoxy) is 1. The molecule has 0 unspecified atom stereocenters. The van der Waals surface area contributed by atoms with Crippen LogP contribution in [0.3, 0.4) is 0 Å². The fourth-order valence-electron chi connectivity index (χ4n) is 1.45. The van der Waals surface area contributed by atoms with Crippen LogP contribution in [0.2, 0.25) is 0 Å². The second-order valence-electron chi connectivity index (χ2n) is 3.42. The van der Waals surface area contributed by atoms with E-state index in [0.717, 1.165) is 30.8 Å². The van der Waals surface area contributed by atoms with E-state index in [1.807, 2.05) is 26.8 Å². The van der Waals surface area contributed by atoms with Crippen molar-refractivity contribution in [2.75, 3.05) is 13.2 Å². The first kappa shape index (κ1) is 15.0. The molecule has 0 aliphatic carbocycles. The first-order chi connectivity index (χ1) is 6.66. The third kappa shape index (κ3) is 4.15. The minimum Gasteiger partial charge on any atom is -0.872 e. The molecule has 1 aromatic rings. The summed E-state index contributed by atoms with van der Waals surface area (Å²) in [6, 6.07) is 3.55. The Hall–Kier alpha value is -0.0200. The smallest absolute Gasteiger partial charge is 0.872 e. The molecular formula is C12H17NaO2. The summed E-state index contributed by atoms with van der Waals surface area (Å²) < 4.78 is 5.28. The van der Waals surface area contributed by atoms with Gasteiger partial charge in [-0.2, -0.15) is 0 Å². The van der Waals surface area contributed by atoms with Crippen LogP contribution in [0.25, 0.3) is 0 Å². The van der Waals surface area contributed by atoms with E-state index in [4.69, 9.17) is 4.74 Å². The summed E-state index contributed by atoms with van der Waals surface area (Å²) >= 11 is 0. The molecule has 0 radical (unpaired) electrons. The molecule has 0 spiro atoms. The van der Waals surface area contributed by atoms with Gasteiger partial charge in [0.25, 0.3) is 0 Å². The van der Waals surface area contributed by atoms with E-state index in [2.05, 4.69) is 0 Å². The Labute approximate surface area is 114 Å². The van der Waals surface area contributed by atoms with Gasteiger partial charge in [0.05, 0.1) is 6.61 Å². The monoisotopic (exact) mass is 216 g/mol. The van der Waals surface area contributed by atoms with Crippen molar-refractivity contribution in [1.82, 2.24) is 0 Å². The van der Waals surface area contributed by atoms with E-state index in [9.17, 15) is 5.11 Å². The van der Waals surface area contributed by atoms with Gasteiger partial charge >= 0.3 is 29.6 Å². The Kier molecular flexibility index (Phi) is 7.28. The Morgan fingerprint density at radius 1 is 1.20 bits per heavy atom. The van der Waals surface area contributed by atoms with Crippen molar-refractivity contribution in [3.05, 3.63) is 28.8 Å². The van der Waals surface area contributed by atoms with Gasteiger partial charge in [-0.05, 0) is 38.3 Å². The molecule has 0 aliphatic heterocycles. The number of rotatable bonds is 4. The van der Waals surface area contributed by atoms with Crippen LogP contribution < -0.4 is 34.7 Å². The van der Waals surface area contributed by atoms with Gasteiger partial charge in [0.2, 0.25) is 0 Å². The van der Waals surface area contributed by atoms with Crippen LogP contribution in [-0.4, -0.2) is 13.2 Å². The van der Waals surface area contributed by atoms with Crippen LogP contribution in [0.5, 0.6) is 5.75 Å². The molecule has 0 heterocycles. The summed E-state index contributed by atoms with van der Waals surface area (Å²) in [6.45, 7) is 7.34. The zero-order valence-corrected chi connectivity index (χ0v) is 12.1. The normalized spacial score (nSPS) is 9.80. The number of hydrogen-bond acceptors (Lipinski definition) is 2. The molecule has 0 bridgehead atoms. The van der Waals surface area contributed by atoms with Crippen molar-refractivity contribution in [3.8, 4) is 5.75 Å². The molecule has 0 fully saturated rings. The molecule has 2 nitrogen and oxygen atoms in total. The van der Waals surface area contributed by atoms with Gasteiger partial charge in [0, 0.05) is 6.61 Å². The van der Waals surface area contributed by atoms with Crippen molar-refractivity contribution in [1.29, 1.82) is 0 Å². The molecule has 0 aromatic heterocycles. The van der Waals surface area contributed by atoms with Crippen molar-refractivity contribution >= 4 is 0 Å². The van der Waals surface area contributed by atoms with Crippen molar-refractivity contribution in [3.63, 3.8) is 0 Å². The van der Waals surface area contributed by atoms with Gasteiger partial charge in [-0.15, -0.1) is 5.75 Å². The van der Waals surface area contributed by atoms with Crippen LogP contribution in [0, 0.1) is 13.8 Å². The molecule has 0 saturated carbocycles. The van der Waals surface area contributed by atoms with Crippen LogP contribution in [0.4, 0.5) is 0 Å². The second-order valence-corrected chi connectivity index (χ2v) is 3.42. The van der Waals surface area contributed by atoms with Crippen LogP contribution in [0.15, 0.2) is 12.1 Å². The predicted molar refractivity (Wildman–Crippen MR) is 55.6 cm³/mol. The average Bonchev–Trinajstić information content (AvgIpc) is 2.18. The number of hydrogen-bond donors (Lipinski definition) is 0. The van der Waals surface area contributed by atoms with E-state index in [0.29, 0.717) is 0 Å². The molecule has 0 atom stereocenters. The van der Waals surface area contributed by atoms with E-state index in [1.165, 1.54) is 5.56 Å². The molecule has 3 heteroatoms. The van der Waals surface area contributed by atoms with E-state index in [-0.39, 0.29) is 35.3 Å². The Balaban J connectivity index is 0.00000196. The standard InChI is InChI=1S/C12H18O2.Na/c1-4-14-8-7-11-5-6-12(13)10(3)9(11)2;/h5-6,13H,4,7-8H2,1-3H3;/q;+1/p-1. The molecule has 0 saturated heterocycles. The summed E-state index contributed by atoms with van der Waals surface area (Å²) in [5.74, 6) is 0.127. The second kappa shape index (κ2) is 7.29. The first-order valence-corrected chi connectivity index (χ1v) is 5.00. The van der Waals surface area contributed by atoms with Gasteiger partial charge < -0.3 is 9.84 Å². The number of benzene rings is 1. The quantitative estimate of drug-likeness (QED) is 0.476. The van der Waals surface area contributed by atoms with Crippen molar-refractivity contribution < 1.29 is 39.4 Å². The van der Waals surface area contributed by atoms with E-state index in [1.54, 1.807) is 6.07 Å². The molecule has 1 aromatic carbocycles. The maximum Gasteiger partial charge on any atom is 1.00 e. The summed E-state index contributed by atoms with van der Waals surface area (Å²) in [6.07, 6.45) is 0.890. The Morgan fingerprint density at radius 3 is 2.47 bits per heavy atom. The topological polar surface area (TPSA) is 32.3 Å². The summed E-state index contributed by atoms with van der Waals surface area (Å²) in [7, 11) is 0. The molecular weight excluding hydrogens is 199 g/mol. The summed E-state index contributed by atoms with van der Waals surface area (Å²) in [4.78, 5) is 0. The molecule has 1 rings (SSSR count). The van der Waals surface area contributed by atoms with Crippen molar-refractivity contribution in [2.24, 2.45) is 0 Å². The summed E-state index contributed by atoms with van der Waals surface area (Å²) in [5.41, 5.74) is 3.19. The first-order valence-electron chi connectivity index (χ1n) is 5.00. The Morgan fingerprint density at radius 2 is 1.87 bits per heavy atom. The van der Waals surface area contributed by atoms with Gasteiger partial charge in [-0.3, -0.25) is 0 Å². The molecule has 0 amide bonds. The van der Waals surface area contributed by atoms with Gasteiger partial charge in [-0.25, -0.2) is 0 Å². The third-order valence-electron chi connectivity index (χ3n) is 2.57. The Bertz CT molecular complexity index is 311. The maximum atomic E-state index is 11.3. The summed E-state index contributed by atoms with van der Waals surface area (Å²) in [5, 5.41) is 11.3. The van der Waals surface area contributed by atoms with Gasteiger partial charge in [0.15, 0.2) is 0 Å². The molecule has 0 aliphatic rings. The maximum absolute atomic E-state index is 11.3. The largest absolute Gasteiger partial charge is 1.00 e. The fourth-order valence-corrected chi connectivity index (χ4v) is 1.45. The van der Waals surface area contributed by atoms with Crippen LogP contribution in [-0.2, 0) is 11.2 Å². The van der Waals surface area contributed by atoms with Gasteiger partial charge in [-0.1, -0.05) is 17.7 Å². The SMILES string of the molecule is CCOCCc1ccc([O-])c(C)c1C.[Na+]. The predicted octanol–water partition coefficient (Wildman–Crippen LogP) is -1.04. The average molecular weight is 216 g/mol. The minimum atomic E-state index is 0. The van der Waals surface area contributed by atoms with Crippen molar-refractivity contribution in [2.45, 2.75) is 27.2 Å². The fraction of sp³-hybridized carbons (Fsp3) is 0.500. The third-order valence-corrected chi connectivity index (χ3v) is 2.57. The zero-order valence-electron chi connectivity index (χ0n) is 10.1. The van der Waals surface area contributed by atoms with Crippen LogP contribution >= 0.6 is 0 Å². The van der Waals surface area contributed by atoms with E-state index < -0.39 is 0 Å². The van der Waals surface area contributed by atoms with E-state index >= 15 is 0 Å². The zero-order chi connectivity index (χ0) is 10.6. The molecule has 78 valence electrons.